The molecule has 252 valence electrons. The predicted octanol–water partition coefficient (Wildman–Crippen LogP) is 3.31. The molecular weight excluding hydrogens is 701 g/mol. The number of nitrogens with one attached hydrogen (secondary N) is 1. The SMILES string of the molecule is CN(CCS(=O)(=O)O)CCS(=O)(=O)c1ccc(N=Nc2c(S(=O)(=O)O)cc3cc(NS(=O)(=O)c4ccccc4)ccc3c2O)c(O)c1. The van der Waals surface area contributed by atoms with Crippen molar-refractivity contribution in [3.8, 4) is 11.5 Å². The summed E-state index contributed by atoms with van der Waals surface area (Å²) in [6.45, 7) is -0.222. The van der Waals surface area contributed by atoms with Gasteiger partial charge in [-0.15, -0.1) is 10.2 Å². The van der Waals surface area contributed by atoms with E-state index in [2.05, 4.69) is 15.0 Å². The van der Waals surface area contributed by atoms with Crippen LogP contribution in [0.2, 0.25) is 0 Å². The first-order valence-electron chi connectivity index (χ1n) is 13.2. The number of hydrogen-bond acceptors (Lipinski definition) is 13. The summed E-state index contributed by atoms with van der Waals surface area (Å²) in [5.74, 6) is -2.49. The molecule has 0 unspecified atom stereocenters. The summed E-state index contributed by atoms with van der Waals surface area (Å²) in [6.07, 6.45) is 0. The minimum atomic E-state index is -5.05. The maximum atomic E-state index is 12.8. The van der Waals surface area contributed by atoms with Gasteiger partial charge in [-0.05, 0) is 61.0 Å². The number of phenols is 2. The van der Waals surface area contributed by atoms with E-state index in [1.54, 1.807) is 6.07 Å². The Morgan fingerprint density at radius 3 is 2.02 bits per heavy atom. The molecule has 0 aliphatic rings. The van der Waals surface area contributed by atoms with E-state index in [0.29, 0.717) is 0 Å². The number of azo groups is 1. The summed E-state index contributed by atoms with van der Waals surface area (Å²) in [7, 11) is -15.8. The van der Waals surface area contributed by atoms with Crippen molar-refractivity contribution in [2.45, 2.75) is 14.7 Å². The molecular formula is C27H28N4O12S4. The molecule has 0 spiro atoms. The standard InChI is InChI=1S/C27H28N4O12S4/c1-31(12-14-45(36,37)38)11-13-44(34,35)21-8-10-23(24(32)17-21)28-29-26-25(47(41,42)43)16-18-15-19(7-9-22(18)27(26)33)30-46(39,40)20-5-3-2-4-6-20/h2-10,15-17,30,32-33H,11-14H2,1H3,(H,36,37,38)(H,41,42,43). The molecule has 0 aromatic heterocycles. The number of sulfonamides is 1. The van der Waals surface area contributed by atoms with Gasteiger partial charge in [0, 0.05) is 30.2 Å². The number of anilines is 1. The Hall–Kier alpha value is -4.18. The lowest BCUT2D eigenvalue weighted by atomic mass is 10.1. The second-order valence-electron chi connectivity index (χ2n) is 10.2. The highest BCUT2D eigenvalue weighted by molar-refractivity contribution is 7.92. The van der Waals surface area contributed by atoms with Gasteiger partial charge in [0.2, 0.25) is 0 Å². The van der Waals surface area contributed by atoms with Crippen LogP contribution in [0.5, 0.6) is 11.5 Å². The number of sulfone groups is 1. The van der Waals surface area contributed by atoms with Crippen LogP contribution in [0, 0.1) is 0 Å². The van der Waals surface area contributed by atoms with Crippen molar-refractivity contribution in [2.75, 3.05) is 36.4 Å². The van der Waals surface area contributed by atoms with Gasteiger partial charge in [-0.2, -0.15) is 16.8 Å². The maximum Gasteiger partial charge on any atom is 0.296 e. The molecule has 5 N–H and O–H groups in total. The van der Waals surface area contributed by atoms with Crippen molar-refractivity contribution < 1.29 is 53.0 Å². The molecule has 0 saturated carbocycles. The molecule has 0 heterocycles. The van der Waals surface area contributed by atoms with Gasteiger partial charge in [0.05, 0.1) is 21.3 Å². The molecule has 0 bridgehead atoms. The lowest BCUT2D eigenvalue weighted by Crippen LogP contribution is -2.30. The van der Waals surface area contributed by atoms with Crippen molar-refractivity contribution >= 4 is 67.9 Å². The molecule has 0 saturated heterocycles. The largest absolute Gasteiger partial charge is 0.506 e. The van der Waals surface area contributed by atoms with Gasteiger partial charge < -0.3 is 15.1 Å². The summed E-state index contributed by atoms with van der Waals surface area (Å²) >= 11 is 0. The smallest absolute Gasteiger partial charge is 0.296 e. The van der Waals surface area contributed by atoms with Crippen LogP contribution < -0.4 is 4.72 Å². The van der Waals surface area contributed by atoms with E-state index in [1.165, 1.54) is 54.4 Å². The number of nitrogens with zero attached hydrogens (tertiary/aromatic N) is 3. The molecule has 0 radical (unpaired) electrons. The van der Waals surface area contributed by atoms with Crippen LogP contribution in [0.3, 0.4) is 0 Å². The lowest BCUT2D eigenvalue weighted by molar-refractivity contribution is 0.367. The topological polar surface area (TPSA) is 257 Å². The molecule has 4 aromatic rings. The van der Waals surface area contributed by atoms with Gasteiger partial charge in [-0.3, -0.25) is 13.8 Å². The second kappa shape index (κ2) is 13.5. The quantitative estimate of drug-likeness (QED) is 0.0979. The summed E-state index contributed by atoms with van der Waals surface area (Å²) < 4.78 is 118. The van der Waals surface area contributed by atoms with E-state index in [-0.39, 0.29) is 45.0 Å². The molecule has 16 nitrogen and oxygen atoms in total. The zero-order valence-electron chi connectivity index (χ0n) is 24.3. The Labute approximate surface area is 270 Å². The fourth-order valence-electron chi connectivity index (χ4n) is 4.18. The van der Waals surface area contributed by atoms with Gasteiger partial charge in [0.25, 0.3) is 30.3 Å². The predicted molar refractivity (Wildman–Crippen MR) is 171 cm³/mol. The molecule has 0 aliphatic heterocycles. The van der Waals surface area contributed by atoms with Gasteiger partial charge in [0.1, 0.15) is 22.0 Å². The average Bonchev–Trinajstić information content (AvgIpc) is 2.98. The normalized spacial score (nSPS) is 13.0. The van der Waals surface area contributed by atoms with Crippen LogP contribution >= 0.6 is 0 Å². The van der Waals surface area contributed by atoms with Gasteiger partial charge in [-0.1, -0.05) is 18.2 Å². The summed E-state index contributed by atoms with van der Waals surface area (Å²) in [5.41, 5.74) is -1.04. The summed E-state index contributed by atoms with van der Waals surface area (Å²) in [6, 6.07) is 15.2. The van der Waals surface area contributed by atoms with Crippen molar-refractivity contribution in [1.29, 1.82) is 0 Å². The highest BCUT2D eigenvalue weighted by Gasteiger charge is 2.24. The van der Waals surface area contributed by atoms with Crippen molar-refractivity contribution in [3.05, 3.63) is 72.8 Å². The zero-order chi connectivity index (χ0) is 34.8. The first kappa shape index (κ1) is 35.7. The molecule has 20 heteroatoms. The van der Waals surface area contributed by atoms with E-state index in [1.807, 2.05) is 0 Å². The van der Waals surface area contributed by atoms with Crippen LogP contribution in [0.4, 0.5) is 17.1 Å². The van der Waals surface area contributed by atoms with E-state index >= 15 is 0 Å². The van der Waals surface area contributed by atoms with E-state index < -0.39 is 73.7 Å². The summed E-state index contributed by atoms with van der Waals surface area (Å²) in [4.78, 5) is 0.127. The second-order valence-corrected chi connectivity index (χ2v) is 16.9. The lowest BCUT2D eigenvalue weighted by Gasteiger charge is -2.15. The minimum Gasteiger partial charge on any atom is -0.506 e. The van der Waals surface area contributed by atoms with Crippen LogP contribution in [0.25, 0.3) is 10.8 Å². The Bertz CT molecular complexity index is 2300. The third kappa shape index (κ3) is 9.00. The number of rotatable bonds is 13. The van der Waals surface area contributed by atoms with E-state index in [0.717, 1.165) is 24.3 Å². The average molecular weight is 729 g/mol. The molecule has 0 amide bonds. The highest BCUT2D eigenvalue weighted by atomic mass is 32.2. The monoisotopic (exact) mass is 728 g/mol. The fraction of sp³-hybridized carbons (Fsp3) is 0.185. The van der Waals surface area contributed by atoms with Gasteiger partial charge >= 0.3 is 0 Å². The number of hydrogen-bond donors (Lipinski definition) is 5. The Kier molecular flexibility index (Phi) is 10.3. The number of benzene rings is 4. The molecule has 4 rings (SSSR count). The highest BCUT2D eigenvalue weighted by Crippen LogP contribution is 2.43. The first-order valence-corrected chi connectivity index (χ1v) is 19.4. The van der Waals surface area contributed by atoms with Crippen molar-refractivity contribution in [1.82, 2.24) is 4.90 Å². The molecule has 0 atom stereocenters. The molecule has 4 aromatic carbocycles. The third-order valence-electron chi connectivity index (χ3n) is 6.67. The molecule has 47 heavy (non-hydrogen) atoms. The van der Waals surface area contributed by atoms with Crippen LogP contribution in [0.1, 0.15) is 0 Å². The van der Waals surface area contributed by atoms with Crippen LogP contribution in [-0.2, 0) is 40.1 Å². The minimum absolute atomic E-state index is 0.00114. The molecule has 0 fully saturated rings. The Balaban J connectivity index is 1.62. The van der Waals surface area contributed by atoms with Gasteiger partial charge in [0.15, 0.2) is 15.6 Å². The number of phenolic OH excluding ortho intramolecular Hbond substituents is 2. The van der Waals surface area contributed by atoms with Crippen LogP contribution in [0.15, 0.2) is 97.7 Å². The number of aromatic hydroxyl groups is 2. The first-order chi connectivity index (χ1) is 21.8. The maximum absolute atomic E-state index is 12.8. The molecule has 0 aliphatic carbocycles. The van der Waals surface area contributed by atoms with Crippen molar-refractivity contribution in [2.24, 2.45) is 10.2 Å². The van der Waals surface area contributed by atoms with Crippen LogP contribution in [-0.4, -0.2) is 89.5 Å². The number of fused-ring (bicyclic) bond motifs is 1. The summed E-state index contributed by atoms with van der Waals surface area (Å²) in [5, 5.41) is 28.8. The fourth-order valence-corrected chi connectivity index (χ4v) is 7.81. The van der Waals surface area contributed by atoms with E-state index in [4.69, 9.17) is 4.55 Å². The van der Waals surface area contributed by atoms with Gasteiger partial charge in [-0.25, -0.2) is 16.8 Å². The Morgan fingerprint density at radius 1 is 0.745 bits per heavy atom. The third-order valence-corrected chi connectivity index (χ3v) is 11.3. The van der Waals surface area contributed by atoms with E-state index in [9.17, 15) is 48.4 Å². The van der Waals surface area contributed by atoms with Crippen molar-refractivity contribution in [3.63, 3.8) is 0 Å². The Morgan fingerprint density at radius 2 is 1.40 bits per heavy atom. The zero-order valence-corrected chi connectivity index (χ0v) is 27.6.